The van der Waals surface area contributed by atoms with E-state index in [1.54, 1.807) is 104 Å². The lowest BCUT2D eigenvalue weighted by molar-refractivity contribution is 0.0720. The molecule has 0 atom stereocenters. The molecular formula is C50H50O8. The third-order valence-corrected chi connectivity index (χ3v) is 9.01. The molecule has 0 spiro atoms. The first kappa shape index (κ1) is 43.9. The summed E-state index contributed by atoms with van der Waals surface area (Å²) in [7, 11) is 1.67. The lowest BCUT2D eigenvalue weighted by Crippen LogP contribution is -2.19. The molecule has 0 aliphatic heterocycles. The number of aryl methyl sites for hydroxylation is 2. The maximum atomic E-state index is 12.8. The Kier molecular flexibility index (Phi) is 15.8. The largest absolute Gasteiger partial charge is 0.496 e. The molecule has 0 amide bonds. The number of hydrogen-bond acceptors (Lipinski definition) is 8. The molecule has 0 bridgehead atoms. The fourth-order valence-electron chi connectivity index (χ4n) is 5.64. The van der Waals surface area contributed by atoms with Gasteiger partial charge in [0, 0.05) is 11.0 Å². The van der Waals surface area contributed by atoms with Gasteiger partial charge in [0.25, 0.3) is 0 Å². The Morgan fingerprint density at radius 3 is 1.17 bits per heavy atom. The Morgan fingerprint density at radius 1 is 0.483 bits per heavy atom. The van der Waals surface area contributed by atoms with Gasteiger partial charge in [-0.25, -0.2) is 14.4 Å². The standard InChI is InChI=1S/C32H30O5.C15H12O3.C3H8/c1-21-19-25(15-17-28(21)35-5)32(3,4)26-16-18-29(22(2)20-26)37-31(34)24-13-11-23(12-14-24)30(33)36-27-9-7-6-8-10-27;1-11(16)12-7-9-13(10-8-12)15(17)18-14-5-3-2-4-6-14;1-3-2/h6-20H,1-5H3;2-10H,1H3;3H2,1-2H3. The smallest absolute Gasteiger partial charge is 0.343 e. The fourth-order valence-corrected chi connectivity index (χ4v) is 5.64. The van der Waals surface area contributed by atoms with Crippen molar-refractivity contribution in [1.82, 2.24) is 0 Å². The molecule has 6 aromatic rings. The van der Waals surface area contributed by atoms with Crippen molar-refractivity contribution in [2.75, 3.05) is 7.11 Å². The quantitative estimate of drug-likeness (QED) is 0.0769. The normalized spacial score (nSPS) is 10.4. The summed E-state index contributed by atoms with van der Waals surface area (Å²) in [5, 5.41) is 0. The van der Waals surface area contributed by atoms with E-state index in [2.05, 4.69) is 39.8 Å². The maximum Gasteiger partial charge on any atom is 0.343 e. The molecule has 0 fully saturated rings. The minimum Gasteiger partial charge on any atom is -0.496 e. The van der Waals surface area contributed by atoms with Crippen molar-refractivity contribution in [1.29, 1.82) is 0 Å². The molecule has 0 aromatic heterocycles. The van der Waals surface area contributed by atoms with Gasteiger partial charge in [-0.15, -0.1) is 0 Å². The summed E-state index contributed by atoms with van der Waals surface area (Å²) in [6.45, 7) is 14.0. The Hall–Kier alpha value is -6.80. The first-order valence-electron chi connectivity index (χ1n) is 19.0. The number of ketones is 1. The van der Waals surface area contributed by atoms with Crippen molar-refractivity contribution in [2.45, 2.75) is 60.3 Å². The van der Waals surface area contributed by atoms with E-state index >= 15 is 0 Å². The highest BCUT2D eigenvalue weighted by Gasteiger charge is 2.25. The van der Waals surface area contributed by atoms with Crippen LogP contribution in [0.3, 0.4) is 0 Å². The molecule has 0 radical (unpaired) electrons. The summed E-state index contributed by atoms with van der Waals surface area (Å²) in [4.78, 5) is 48.0. The van der Waals surface area contributed by atoms with Gasteiger partial charge in [0.05, 0.1) is 23.8 Å². The summed E-state index contributed by atoms with van der Waals surface area (Å²) in [5.74, 6) is 0.853. The van der Waals surface area contributed by atoms with Crippen LogP contribution in [0.15, 0.2) is 146 Å². The highest BCUT2D eigenvalue weighted by molar-refractivity contribution is 5.97. The molecule has 6 aromatic carbocycles. The summed E-state index contributed by atoms with van der Waals surface area (Å²) in [5.41, 5.74) is 5.63. The van der Waals surface area contributed by atoms with E-state index in [0.717, 1.165) is 22.4 Å². The van der Waals surface area contributed by atoms with Crippen LogP contribution in [0.1, 0.15) is 105 Å². The van der Waals surface area contributed by atoms with Gasteiger partial charge in [0.1, 0.15) is 23.0 Å². The maximum absolute atomic E-state index is 12.8. The third kappa shape index (κ3) is 12.1. The first-order valence-corrected chi connectivity index (χ1v) is 19.0. The number of methoxy groups -OCH3 is 1. The monoisotopic (exact) mass is 778 g/mol. The van der Waals surface area contributed by atoms with Crippen LogP contribution >= 0.6 is 0 Å². The molecule has 8 nitrogen and oxygen atoms in total. The minimum atomic E-state index is -0.496. The number of carbonyl (C=O) groups excluding carboxylic acids is 4. The number of rotatable bonds is 10. The topological polar surface area (TPSA) is 105 Å². The number of para-hydroxylation sites is 2. The zero-order valence-corrected chi connectivity index (χ0v) is 34.3. The molecular weight excluding hydrogens is 729 g/mol. The highest BCUT2D eigenvalue weighted by Crippen LogP contribution is 2.36. The average molecular weight is 779 g/mol. The second-order valence-electron chi connectivity index (χ2n) is 14.0. The van der Waals surface area contributed by atoms with Crippen LogP contribution in [0.4, 0.5) is 0 Å². The first-order chi connectivity index (χ1) is 27.8. The second kappa shape index (κ2) is 20.9. The van der Waals surface area contributed by atoms with Gasteiger partial charge in [0.2, 0.25) is 0 Å². The SMILES string of the molecule is CC(=O)c1ccc(C(=O)Oc2ccccc2)cc1.CCC.COc1ccc(C(C)(C)c2ccc(OC(=O)c3ccc(C(=O)Oc4ccccc4)cc3)c(C)c2)cc1C. The van der Waals surface area contributed by atoms with Crippen molar-refractivity contribution in [3.8, 4) is 23.0 Å². The van der Waals surface area contributed by atoms with Gasteiger partial charge in [-0.3, -0.25) is 4.79 Å². The van der Waals surface area contributed by atoms with Crippen molar-refractivity contribution >= 4 is 23.7 Å². The Labute approximate surface area is 341 Å². The van der Waals surface area contributed by atoms with Gasteiger partial charge >= 0.3 is 17.9 Å². The van der Waals surface area contributed by atoms with Crippen LogP contribution in [0, 0.1) is 13.8 Å². The van der Waals surface area contributed by atoms with E-state index in [1.807, 2.05) is 50.2 Å². The van der Waals surface area contributed by atoms with E-state index in [9.17, 15) is 19.2 Å². The summed E-state index contributed by atoms with van der Waals surface area (Å²) >= 11 is 0. The lowest BCUT2D eigenvalue weighted by Gasteiger charge is -2.27. The van der Waals surface area contributed by atoms with Crippen LogP contribution in [0.5, 0.6) is 23.0 Å². The van der Waals surface area contributed by atoms with E-state index in [-0.39, 0.29) is 11.2 Å². The molecule has 0 heterocycles. The Bertz CT molecular complexity index is 2290. The predicted octanol–water partition coefficient (Wildman–Crippen LogP) is 11.6. The highest BCUT2D eigenvalue weighted by atomic mass is 16.5. The van der Waals surface area contributed by atoms with Gasteiger partial charge in [-0.2, -0.15) is 0 Å². The van der Waals surface area contributed by atoms with Crippen LogP contribution in [-0.4, -0.2) is 30.8 Å². The number of benzene rings is 6. The molecule has 58 heavy (non-hydrogen) atoms. The third-order valence-electron chi connectivity index (χ3n) is 9.01. The van der Waals surface area contributed by atoms with Crippen LogP contribution < -0.4 is 18.9 Å². The van der Waals surface area contributed by atoms with Crippen molar-refractivity contribution in [3.63, 3.8) is 0 Å². The summed E-state index contributed by atoms with van der Waals surface area (Å²) in [6.07, 6.45) is 1.25. The summed E-state index contributed by atoms with van der Waals surface area (Å²) < 4.78 is 21.6. The second-order valence-corrected chi connectivity index (χ2v) is 14.0. The van der Waals surface area contributed by atoms with Gasteiger partial charge in [0.15, 0.2) is 5.78 Å². The minimum absolute atomic E-state index is 0.0297. The number of Topliss-reactive ketones (excluding diaryl/α,β-unsaturated/α-hetero) is 1. The van der Waals surface area contributed by atoms with E-state index in [4.69, 9.17) is 18.9 Å². The molecule has 6 rings (SSSR count). The van der Waals surface area contributed by atoms with Crippen LogP contribution in [-0.2, 0) is 5.41 Å². The van der Waals surface area contributed by atoms with E-state index in [1.165, 1.54) is 18.9 Å². The van der Waals surface area contributed by atoms with Gasteiger partial charge in [-0.1, -0.05) is 107 Å². The lowest BCUT2D eigenvalue weighted by atomic mass is 9.77. The average Bonchev–Trinajstić information content (AvgIpc) is 3.22. The van der Waals surface area contributed by atoms with Crippen molar-refractivity contribution in [3.05, 3.63) is 190 Å². The Balaban J connectivity index is 0.000000295. The number of hydrogen-bond donors (Lipinski definition) is 0. The number of ether oxygens (including phenoxy) is 4. The summed E-state index contributed by atoms with van der Waals surface area (Å²) in [6, 6.07) is 42.4. The van der Waals surface area contributed by atoms with Crippen molar-refractivity contribution < 1.29 is 38.1 Å². The molecule has 0 saturated heterocycles. The predicted molar refractivity (Wildman–Crippen MR) is 228 cm³/mol. The zero-order chi connectivity index (χ0) is 42.2. The van der Waals surface area contributed by atoms with Crippen molar-refractivity contribution in [2.24, 2.45) is 0 Å². The Morgan fingerprint density at radius 2 is 0.828 bits per heavy atom. The van der Waals surface area contributed by atoms with E-state index < -0.39 is 17.9 Å². The fraction of sp³-hybridized carbons (Fsp3) is 0.200. The molecule has 0 N–H and O–H groups in total. The zero-order valence-electron chi connectivity index (χ0n) is 34.3. The van der Waals surface area contributed by atoms with Crippen LogP contribution in [0.25, 0.3) is 0 Å². The molecule has 0 aliphatic carbocycles. The molecule has 0 saturated carbocycles. The molecule has 8 heteroatoms. The molecule has 298 valence electrons. The van der Waals surface area contributed by atoms with Crippen LogP contribution in [0.2, 0.25) is 0 Å². The number of carbonyl (C=O) groups is 4. The van der Waals surface area contributed by atoms with Gasteiger partial charge < -0.3 is 18.9 Å². The van der Waals surface area contributed by atoms with Gasteiger partial charge in [-0.05, 0) is 116 Å². The molecule has 0 unspecified atom stereocenters. The van der Waals surface area contributed by atoms with E-state index in [0.29, 0.717) is 39.5 Å². The number of esters is 3. The molecule has 0 aliphatic rings.